The normalized spacial score (nSPS) is 17.7. The van der Waals surface area contributed by atoms with Crippen LogP contribution < -0.4 is 5.32 Å². The summed E-state index contributed by atoms with van der Waals surface area (Å²) in [4.78, 5) is 12.4. The number of benzene rings is 1. The van der Waals surface area contributed by atoms with Crippen molar-refractivity contribution in [1.82, 2.24) is 15.1 Å². The van der Waals surface area contributed by atoms with E-state index in [9.17, 15) is 4.79 Å². The zero-order chi connectivity index (χ0) is 16.9. The van der Waals surface area contributed by atoms with Gasteiger partial charge in [0, 0.05) is 24.4 Å². The summed E-state index contributed by atoms with van der Waals surface area (Å²) in [5, 5.41) is 7.47. The molecular formula is C19H25N3O2. The first-order chi connectivity index (χ1) is 11.6. The largest absolute Gasteiger partial charge is 0.376 e. The number of hydrogen-bond donors (Lipinski definition) is 1. The van der Waals surface area contributed by atoms with Crippen molar-refractivity contribution in [1.29, 1.82) is 0 Å². The summed E-state index contributed by atoms with van der Waals surface area (Å²) in [6, 6.07) is 9.79. The second kappa shape index (κ2) is 7.62. The molecule has 0 bridgehead atoms. The van der Waals surface area contributed by atoms with Crippen molar-refractivity contribution in [2.45, 2.75) is 45.8 Å². The molecule has 0 spiro atoms. The van der Waals surface area contributed by atoms with Crippen molar-refractivity contribution in [3.05, 3.63) is 52.8 Å². The highest BCUT2D eigenvalue weighted by atomic mass is 16.5. The molecule has 1 aromatic heterocycles. The van der Waals surface area contributed by atoms with Gasteiger partial charge in [-0.15, -0.1) is 0 Å². The number of carbonyl (C=O) groups is 1. The van der Waals surface area contributed by atoms with E-state index in [2.05, 4.69) is 16.5 Å². The van der Waals surface area contributed by atoms with Crippen LogP contribution in [0.5, 0.6) is 0 Å². The zero-order valence-electron chi connectivity index (χ0n) is 14.4. The van der Waals surface area contributed by atoms with Crippen LogP contribution in [0.1, 0.15) is 46.6 Å². The molecule has 0 aliphatic carbocycles. The molecule has 2 heterocycles. The van der Waals surface area contributed by atoms with E-state index in [-0.39, 0.29) is 12.0 Å². The van der Waals surface area contributed by atoms with Gasteiger partial charge in [-0.1, -0.05) is 12.1 Å². The van der Waals surface area contributed by atoms with Crippen molar-refractivity contribution in [2.75, 3.05) is 13.2 Å². The minimum absolute atomic E-state index is 0.0422. The number of aromatic nitrogens is 2. The van der Waals surface area contributed by atoms with Crippen LogP contribution in [0.15, 0.2) is 30.3 Å². The number of nitrogens with zero attached hydrogens (tertiary/aromatic N) is 2. The molecule has 1 saturated heterocycles. The van der Waals surface area contributed by atoms with Crippen LogP contribution in [0, 0.1) is 13.8 Å². The molecule has 1 aliphatic heterocycles. The first-order valence-electron chi connectivity index (χ1n) is 8.61. The van der Waals surface area contributed by atoms with Gasteiger partial charge >= 0.3 is 0 Å². The van der Waals surface area contributed by atoms with Gasteiger partial charge in [-0.3, -0.25) is 9.48 Å². The van der Waals surface area contributed by atoms with Gasteiger partial charge in [0.15, 0.2) is 0 Å². The van der Waals surface area contributed by atoms with Gasteiger partial charge in [0.25, 0.3) is 5.91 Å². The van der Waals surface area contributed by atoms with Gasteiger partial charge in [-0.2, -0.15) is 5.10 Å². The van der Waals surface area contributed by atoms with E-state index in [1.54, 1.807) is 0 Å². The molecule has 0 radical (unpaired) electrons. The maximum atomic E-state index is 12.4. The number of hydrogen-bond acceptors (Lipinski definition) is 3. The molecule has 24 heavy (non-hydrogen) atoms. The van der Waals surface area contributed by atoms with Gasteiger partial charge in [0.05, 0.1) is 18.3 Å². The molecule has 2 aromatic rings. The number of carbonyl (C=O) groups excluding carboxylic acids is 1. The molecule has 1 unspecified atom stereocenters. The molecule has 5 nitrogen and oxygen atoms in total. The molecule has 1 amide bonds. The minimum atomic E-state index is -0.0422. The third kappa shape index (κ3) is 4.23. The Bertz CT molecular complexity index is 702. The summed E-state index contributed by atoms with van der Waals surface area (Å²) in [7, 11) is 0. The lowest BCUT2D eigenvalue weighted by molar-refractivity contribution is 0.0169. The fraction of sp³-hybridized carbons (Fsp3) is 0.474. The Morgan fingerprint density at radius 2 is 2.21 bits per heavy atom. The summed E-state index contributed by atoms with van der Waals surface area (Å²) in [6.07, 6.45) is 3.48. The molecule has 1 fully saturated rings. The van der Waals surface area contributed by atoms with Crippen LogP contribution >= 0.6 is 0 Å². The fourth-order valence-corrected chi connectivity index (χ4v) is 3.10. The highest BCUT2D eigenvalue weighted by Crippen LogP contribution is 2.13. The summed E-state index contributed by atoms with van der Waals surface area (Å²) in [6.45, 7) is 6.09. The standard InChI is InChI=1S/C19H25N3O2/c1-14-10-15(2)22(21-14)13-16-6-5-7-17(11-16)19(23)20-12-18-8-3-4-9-24-18/h5-7,10-11,18H,3-4,8-9,12-13H2,1-2H3,(H,20,23). The Balaban J connectivity index is 1.61. The Morgan fingerprint density at radius 3 is 2.92 bits per heavy atom. The van der Waals surface area contributed by atoms with E-state index < -0.39 is 0 Å². The number of nitrogens with one attached hydrogen (secondary N) is 1. The molecule has 1 aromatic carbocycles. The molecule has 1 aliphatic rings. The Labute approximate surface area is 143 Å². The number of amides is 1. The summed E-state index contributed by atoms with van der Waals surface area (Å²) >= 11 is 0. The Hall–Kier alpha value is -2.14. The third-order valence-corrected chi connectivity index (χ3v) is 4.39. The van der Waals surface area contributed by atoms with Crippen LogP contribution in [0.3, 0.4) is 0 Å². The monoisotopic (exact) mass is 327 g/mol. The lowest BCUT2D eigenvalue weighted by atomic mass is 10.1. The van der Waals surface area contributed by atoms with Gasteiger partial charge in [-0.05, 0) is 56.9 Å². The average Bonchev–Trinajstić information content (AvgIpc) is 2.91. The average molecular weight is 327 g/mol. The highest BCUT2D eigenvalue weighted by molar-refractivity contribution is 5.94. The first kappa shape index (κ1) is 16.7. The van der Waals surface area contributed by atoms with Gasteiger partial charge in [-0.25, -0.2) is 0 Å². The minimum Gasteiger partial charge on any atom is -0.376 e. The van der Waals surface area contributed by atoms with Crippen LogP contribution in [-0.2, 0) is 11.3 Å². The summed E-state index contributed by atoms with van der Waals surface area (Å²) < 4.78 is 7.62. The van der Waals surface area contributed by atoms with Gasteiger partial charge in [0.1, 0.15) is 0 Å². The van der Waals surface area contributed by atoms with Crippen molar-refractivity contribution in [3.8, 4) is 0 Å². The lowest BCUT2D eigenvalue weighted by Crippen LogP contribution is -2.35. The molecular weight excluding hydrogens is 302 g/mol. The highest BCUT2D eigenvalue weighted by Gasteiger charge is 2.15. The van der Waals surface area contributed by atoms with E-state index in [1.165, 1.54) is 6.42 Å². The van der Waals surface area contributed by atoms with Crippen molar-refractivity contribution in [2.24, 2.45) is 0 Å². The lowest BCUT2D eigenvalue weighted by Gasteiger charge is -2.22. The summed E-state index contributed by atoms with van der Waals surface area (Å²) in [5.41, 5.74) is 3.89. The zero-order valence-corrected chi connectivity index (χ0v) is 14.4. The van der Waals surface area contributed by atoms with Crippen LogP contribution in [-0.4, -0.2) is 34.9 Å². The first-order valence-corrected chi connectivity index (χ1v) is 8.61. The molecule has 128 valence electrons. The SMILES string of the molecule is Cc1cc(C)n(Cc2cccc(C(=O)NCC3CCCCO3)c2)n1. The van der Waals surface area contributed by atoms with E-state index in [0.29, 0.717) is 18.7 Å². The molecule has 0 saturated carbocycles. The van der Waals surface area contributed by atoms with Crippen LogP contribution in [0.25, 0.3) is 0 Å². The number of rotatable bonds is 5. The topological polar surface area (TPSA) is 56.2 Å². The summed E-state index contributed by atoms with van der Waals surface area (Å²) in [5.74, 6) is -0.0422. The fourth-order valence-electron chi connectivity index (χ4n) is 3.10. The van der Waals surface area contributed by atoms with Crippen LogP contribution in [0.4, 0.5) is 0 Å². The predicted molar refractivity (Wildman–Crippen MR) is 93.2 cm³/mol. The second-order valence-electron chi connectivity index (χ2n) is 6.48. The maximum absolute atomic E-state index is 12.4. The Kier molecular flexibility index (Phi) is 5.30. The molecule has 1 atom stereocenters. The third-order valence-electron chi connectivity index (χ3n) is 4.39. The van der Waals surface area contributed by atoms with Crippen molar-refractivity contribution < 1.29 is 9.53 Å². The smallest absolute Gasteiger partial charge is 0.251 e. The van der Waals surface area contributed by atoms with Crippen LogP contribution in [0.2, 0.25) is 0 Å². The molecule has 1 N–H and O–H groups in total. The van der Waals surface area contributed by atoms with E-state index in [4.69, 9.17) is 4.74 Å². The van der Waals surface area contributed by atoms with E-state index >= 15 is 0 Å². The van der Waals surface area contributed by atoms with Gasteiger partial charge in [0.2, 0.25) is 0 Å². The molecule has 5 heteroatoms. The molecule has 3 rings (SSSR count). The van der Waals surface area contributed by atoms with Crippen molar-refractivity contribution >= 4 is 5.91 Å². The maximum Gasteiger partial charge on any atom is 0.251 e. The van der Waals surface area contributed by atoms with Crippen molar-refractivity contribution in [3.63, 3.8) is 0 Å². The number of aryl methyl sites for hydroxylation is 2. The number of ether oxygens (including phenoxy) is 1. The quantitative estimate of drug-likeness (QED) is 0.919. The Morgan fingerprint density at radius 1 is 1.33 bits per heavy atom. The van der Waals surface area contributed by atoms with Gasteiger partial charge < -0.3 is 10.1 Å². The van der Waals surface area contributed by atoms with E-state index in [1.807, 2.05) is 42.8 Å². The predicted octanol–water partition coefficient (Wildman–Crippen LogP) is 2.85. The van der Waals surface area contributed by atoms with E-state index in [0.717, 1.165) is 36.4 Å². The second-order valence-corrected chi connectivity index (χ2v) is 6.48.